The van der Waals surface area contributed by atoms with E-state index in [-0.39, 0.29) is 27.8 Å². The van der Waals surface area contributed by atoms with Crippen molar-refractivity contribution in [1.29, 1.82) is 0 Å². The van der Waals surface area contributed by atoms with Gasteiger partial charge in [-0.05, 0) is 24.6 Å². The molecule has 2 aromatic rings. The molecule has 0 spiro atoms. The van der Waals surface area contributed by atoms with Crippen LogP contribution in [0.2, 0.25) is 5.02 Å². The maximum absolute atomic E-state index is 13.2. The van der Waals surface area contributed by atoms with Crippen LogP contribution >= 0.6 is 22.9 Å². The van der Waals surface area contributed by atoms with Crippen LogP contribution in [0.5, 0.6) is 0 Å². The average Bonchev–Trinajstić information content (AvgIpc) is 3.04. The number of rotatable bonds is 2. The summed E-state index contributed by atoms with van der Waals surface area (Å²) in [5.41, 5.74) is 4.43. The van der Waals surface area contributed by atoms with E-state index in [1.54, 1.807) is 0 Å². The van der Waals surface area contributed by atoms with Gasteiger partial charge in [0.2, 0.25) is 5.91 Å². The third-order valence-corrected chi connectivity index (χ3v) is 7.12. The lowest BCUT2D eigenvalue weighted by Gasteiger charge is -2.10. The second-order valence-corrected chi connectivity index (χ2v) is 9.09. The highest BCUT2D eigenvalue weighted by Crippen LogP contribution is 2.35. The Morgan fingerprint density at radius 2 is 2.04 bits per heavy atom. The van der Waals surface area contributed by atoms with Crippen molar-refractivity contribution in [2.24, 2.45) is 5.92 Å². The third kappa shape index (κ3) is 3.38. The highest BCUT2D eigenvalue weighted by Gasteiger charge is 2.33. The molecule has 1 saturated heterocycles. The molecule has 10 heteroatoms. The maximum Gasteiger partial charge on any atom is 0.281 e. The molecule has 0 radical (unpaired) electrons. The zero-order valence-corrected chi connectivity index (χ0v) is 14.5. The second-order valence-electron chi connectivity index (χ2n) is 5.43. The fraction of sp³-hybridized carbons (Fsp3) is 0.286. The first-order valence-electron chi connectivity index (χ1n) is 6.95. The lowest BCUT2D eigenvalue weighted by molar-refractivity contribution is -0.125. The van der Waals surface area contributed by atoms with E-state index in [1.807, 2.05) is 0 Å². The number of carbonyl (C=O) groups excluding carboxylic acids is 2. The Kier molecular flexibility index (Phi) is 4.50. The Morgan fingerprint density at radius 1 is 1.29 bits per heavy atom. The average molecular weight is 391 g/mol. The van der Waals surface area contributed by atoms with Crippen molar-refractivity contribution in [2.45, 2.75) is 6.42 Å². The molecule has 0 bridgehead atoms. The molecule has 2 heterocycles. The number of sulfone groups is 1. The largest absolute Gasteiger partial charge is 0.281 e. The number of halogens is 2. The molecule has 1 atom stereocenters. The summed E-state index contributed by atoms with van der Waals surface area (Å²) in [7, 11) is -3.19. The van der Waals surface area contributed by atoms with Gasteiger partial charge in [-0.1, -0.05) is 11.6 Å². The summed E-state index contributed by atoms with van der Waals surface area (Å²) in [6.45, 7) is 0. The number of benzene rings is 1. The molecular formula is C14H12ClFN2O4S2. The normalized spacial score (nSPS) is 19.3. The molecule has 2 N–H and O–H groups in total. The summed E-state index contributed by atoms with van der Waals surface area (Å²) < 4.78 is 36.5. The monoisotopic (exact) mass is 390 g/mol. The minimum Gasteiger partial charge on any atom is -0.273 e. The first-order chi connectivity index (χ1) is 11.3. The Labute approximate surface area is 145 Å². The summed E-state index contributed by atoms with van der Waals surface area (Å²) >= 11 is 7.12. The third-order valence-electron chi connectivity index (χ3n) is 3.70. The van der Waals surface area contributed by atoms with Gasteiger partial charge in [0.1, 0.15) is 10.7 Å². The number of hydrogen-bond donors (Lipinski definition) is 2. The van der Waals surface area contributed by atoms with Gasteiger partial charge >= 0.3 is 0 Å². The van der Waals surface area contributed by atoms with Gasteiger partial charge in [-0.25, -0.2) is 12.8 Å². The van der Waals surface area contributed by atoms with Gasteiger partial charge in [-0.15, -0.1) is 11.3 Å². The van der Waals surface area contributed by atoms with Crippen molar-refractivity contribution < 1.29 is 22.4 Å². The number of hydrogen-bond acceptors (Lipinski definition) is 5. The lowest BCUT2D eigenvalue weighted by Crippen LogP contribution is -2.44. The first kappa shape index (κ1) is 17.1. The van der Waals surface area contributed by atoms with Crippen LogP contribution in [0.15, 0.2) is 18.2 Å². The molecule has 128 valence electrons. The molecular weight excluding hydrogens is 379 g/mol. The van der Waals surface area contributed by atoms with Gasteiger partial charge in [0.05, 0.1) is 22.4 Å². The van der Waals surface area contributed by atoms with Crippen LogP contribution in [0.25, 0.3) is 10.1 Å². The SMILES string of the molecule is O=C(NNC(=O)[C@H]1CCS(=O)(=O)C1)c1sc2cc(F)ccc2c1Cl. The maximum atomic E-state index is 13.2. The van der Waals surface area contributed by atoms with Crippen molar-refractivity contribution in [3.05, 3.63) is 33.9 Å². The summed E-state index contributed by atoms with van der Waals surface area (Å²) in [6.07, 6.45) is 0.229. The Morgan fingerprint density at radius 3 is 2.71 bits per heavy atom. The molecule has 0 saturated carbocycles. The summed E-state index contributed by atoms with van der Waals surface area (Å²) in [6, 6.07) is 3.98. The van der Waals surface area contributed by atoms with Gasteiger partial charge in [0.15, 0.2) is 9.84 Å². The summed E-state index contributed by atoms with van der Waals surface area (Å²) in [5.74, 6) is -2.58. The molecule has 6 nitrogen and oxygen atoms in total. The van der Waals surface area contributed by atoms with Crippen LogP contribution in [0.4, 0.5) is 4.39 Å². The van der Waals surface area contributed by atoms with Crippen molar-refractivity contribution in [2.75, 3.05) is 11.5 Å². The van der Waals surface area contributed by atoms with E-state index >= 15 is 0 Å². The molecule has 2 amide bonds. The minimum absolute atomic E-state index is 0.0350. The zero-order chi connectivity index (χ0) is 17.5. The van der Waals surface area contributed by atoms with E-state index in [0.29, 0.717) is 10.1 Å². The molecule has 3 rings (SSSR count). The highest BCUT2D eigenvalue weighted by molar-refractivity contribution is 7.91. The van der Waals surface area contributed by atoms with E-state index in [2.05, 4.69) is 10.9 Å². The number of carbonyl (C=O) groups is 2. The molecule has 1 aliphatic heterocycles. The van der Waals surface area contributed by atoms with Gasteiger partial charge < -0.3 is 0 Å². The van der Waals surface area contributed by atoms with Crippen LogP contribution in [0.1, 0.15) is 16.1 Å². The standard InChI is InChI=1S/C14H12ClFN2O4S2/c15-11-9-2-1-8(16)5-10(9)23-12(11)14(20)18-17-13(19)7-3-4-24(21,22)6-7/h1-2,5,7H,3-4,6H2,(H,17,19)(H,18,20)/t7-/m0/s1. The zero-order valence-electron chi connectivity index (χ0n) is 12.1. The topological polar surface area (TPSA) is 92.3 Å². The fourth-order valence-corrected chi connectivity index (χ4v) is 5.64. The quantitative estimate of drug-likeness (QED) is 0.766. The summed E-state index contributed by atoms with van der Waals surface area (Å²) in [5, 5.41) is 0.714. The molecule has 1 aliphatic rings. The molecule has 1 aromatic heterocycles. The van der Waals surface area contributed by atoms with Crippen LogP contribution in [-0.2, 0) is 14.6 Å². The van der Waals surface area contributed by atoms with Gasteiger partial charge in [0.25, 0.3) is 5.91 Å². The van der Waals surface area contributed by atoms with E-state index < -0.39 is 33.4 Å². The van der Waals surface area contributed by atoms with Gasteiger partial charge in [-0.3, -0.25) is 20.4 Å². The van der Waals surface area contributed by atoms with Crippen LogP contribution in [-0.4, -0.2) is 31.7 Å². The van der Waals surface area contributed by atoms with Crippen molar-refractivity contribution in [3.63, 3.8) is 0 Å². The number of nitrogens with one attached hydrogen (secondary N) is 2. The Balaban J connectivity index is 1.69. The number of thiophene rings is 1. The predicted molar refractivity (Wildman–Crippen MR) is 89.2 cm³/mol. The number of hydrazine groups is 1. The van der Waals surface area contributed by atoms with Crippen molar-refractivity contribution in [1.82, 2.24) is 10.9 Å². The molecule has 1 aromatic carbocycles. The molecule has 1 fully saturated rings. The Bertz CT molecular complexity index is 942. The van der Waals surface area contributed by atoms with E-state index in [4.69, 9.17) is 11.6 Å². The predicted octanol–water partition coefficient (Wildman–Crippen LogP) is 1.89. The van der Waals surface area contributed by atoms with E-state index in [0.717, 1.165) is 11.3 Å². The highest BCUT2D eigenvalue weighted by atomic mass is 35.5. The second kappa shape index (κ2) is 6.30. The molecule has 24 heavy (non-hydrogen) atoms. The fourth-order valence-electron chi connectivity index (χ4n) is 2.46. The van der Waals surface area contributed by atoms with Crippen LogP contribution in [0, 0.1) is 11.7 Å². The molecule has 0 aliphatic carbocycles. The van der Waals surface area contributed by atoms with Crippen LogP contribution < -0.4 is 10.9 Å². The van der Waals surface area contributed by atoms with E-state index in [9.17, 15) is 22.4 Å². The minimum atomic E-state index is -3.19. The smallest absolute Gasteiger partial charge is 0.273 e. The van der Waals surface area contributed by atoms with Gasteiger partial charge in [-0.2, -0.15) is 0 Å². The first-order valence-corrected chi connectivity index (χ1v) is 9.96. The Hall–Kier alpha value is -1.71. The van der Waals surface area contributed by atoms with Gasteiger partial charge in [0, 0.05) is 10.1 Å². The number of amides is 2. The van der Waals surface area contributed by atoms with Crippen molar-refractivity contribution >= 4 is 54.7 Å². The van der Waals surface area contributed by atoms with Crippen LogP contribution in [0.3, 0.4) is 0 Å². The summed E-state index contributed by atoms with van der Waals surface area (Å²) in [4.78, 5) is 24.2. The lowest BCUT2D eigenvalue weighted by atomic mass is 10.1. The number of fused-ring (bicyclic) bond motifs is 1. The van der Waals surface area contributed by atoms with Crippen molar-refractivity contribution in [3.8, 4) is 0 Å². The van der Waals surface area contributed by atoms with E-state index in [1.165, 1.54) is 18.2 Å². The molecule has 0 unspecified atom stereocenters.